The molecule has 0 radical (unpaired) electrons. The molecule has 1 aromatic carbocycles. The summed E-state index contributed by atoms with van der Waals surface area (Å²) in [5.74, 6) is 0.723. The molecule has 3 N–H and O–H groups in total. The van der Waals surface area contributed by atoms with Gasteiger partial charge in [0, 0.05) is 10.7 Å². The Balaban J connectivity index is 2.41. The number of nitrogens with one attached hydrogen (secondary N) is 1. The first kappa shape index (κ1) is 13.8. The third-order valence-corrected chi connectivity index (χ3v) is 3.16. The average molecular weight is 338 g/mol. The quantitative estimate of drug-likeness (QED) is 0.838. The van der Waals surface area contributed by atoms with Gasteiger partial charge in [-0.05, 0) is 30.3 Å². The fourth-order valence-corrected chi connectivity index (χ4v) is 2.15. The number of ether oxygens (including phenoxy) is 1. The molecule has 6 heteroatoms. The molecule has 0 unspecified atom stereocenters. The third kappa shape index (κ3) is 3.21. The molecule has 0 saturated carbocycles. The van der Waals surface area contributed by atoms with Crippen LogP contribution in [0.1, 0.15) is 5.69 Å². The van der Waals surface area contributed by atoms with Gasteiger partial charge < -0.3 is 15.8 Å². The van der Waals surface area contributed by atoms with Gasteiger partial charge in [-0.25, -0.2) is 0 Å². The number of benzene rings is 1. The summed E-state index contributed by atoms with van der Waals surface area (Å²) in [7, 11) is 1.62. The van der Waals surface area contributed by atoms with Crippen molar-refractivity contribution in [2.45, 2.75) is 0 Å². The van der Waals surface area contributed by atoms with Gasteiger partial charge in [0.15, 0.2) is 0 Å². The van der Waals surface area contributed by atoms with Gasteiger partial charge in [-0.2, -0.15) is 0 Å². The van der Waals surface area contributed by atoms with Crippen LogP contribution >= 0.6 is 28.1 Å². The molecule has 0 aliphatic rings. The van der Waals surface area contributed by atoms with Crippen molar-refractivity contribution in [2.24, 2.45) is 5.73 Å². The largest absolute Gasteiger partial charge is 0.495 e. The molecule has 2 rings (SSSR count). The van der Waals surface area contributed by atoms with Gasteiger partial charge in [0.25, 0.3) is 0 Å². The zero-order valence-electron chi connectivity index (χ0n) is 10.2. The second kappa shape index (κ2) is 5.99. The summed E-state index contributed by atoms with van der Waals surface area (Å²) in [6.07, 6.45) is 1.65. The van der Waals surface area contributed by atoms with Crippen LogP contribution in [-0.4, -0.2) is 17.1 Å². The smallest absolute Gasteiger partial charge is 0.142 e. The number of thiocarbonyl (C=S) groups is 1. The molecule has 4 nitrogen and oxygen atoms in total. The molecule has 2 aromatic rings. The van der Waals surface area contributed by atoms with Crippen molar-refractivity contribution in [1.82, 2.24) is 4.98 Å². The van der Waals surface area contributed by atoms with Gasteiger partial charge in [-0.1, -0.05) is 28.1 Å². The number of halogens is 1. The first-order valence-corrected chi connectivity index (χ1v) is 6.67. The van der Waals surface area contributed by atoms with Gasteiger partial charge in [0.05, 0.1) is 18.5 Å². The molecule has 0 saturated heterocycles. The highest BCUT2D eigenvalue weighted by Crippen LogP contribution is 2.31. The van der Waals surface area contributed by atoms with Crippen LogP contribution in [-0.2, 0) is 0 Å². The maximum atomic E-state index is 5.66. The average Bonchev–Trinajstić information content (AvgIpc) is 2.39. The molecule has 1 heterocycles. The van der Waals surface area contributed by atoms with E-state index in [-0.39, 0.29) is 4.99 Å². The monoisotopic (exact) mass is 337 g/mol. The summed E-state index contributed by atoms with van der Waals surface area (Å²) in [6, 6.07) is 9.36. The molecule has 19 heavy (non-hydrogen) atoms. The Bertz CT molecular complexity index is 619. The Labute approximate surface area is 125 Å². The summed E-state index contributed by atoms with van der Waals surface area (Å²) in [5, 5.41) is 3.23. The van der Waals surface area contributed by atoms with Gasteiger partial charge in [0.2, 0.25) is 0 Å². The Morgan fingerprint density at radius 3 is 2.84 bits per heavy atom. The normalized spacial score (nSPS) is 10.0. The SMILES string of the molecule is COc1ccc(Br)cc1Nc1cccnc1C(N)=S. The van der Waals surface area contributed by atoms with Crippen LogP contribution in [0.25, 0.3) is 0 Å². The Kier molecular flexibility index (Phi) is 4.34. The van der Waals surface area contributed by atoms with E-state index in [0.29, 0.717) is 5.69 Å². The predicted octanol–water partition coefficient (Wildman–Crippen LogP) is 3.23. The lowest BCUT2D eigenvalue weighted by Gasteiger charge is -2.13. The minimum absolute atomic E-state index is 0.247. The van der Waals surface area contributed by atoms with Crippen molar-refractivity contribution in [3.8, 4) is 5.75 Å². The molecular formula is C13H12BrN3OS. The van der Waals surface area contributed by atoms with E-state index in [1.165, 1.54) is 0 Å². The Hall–Kier alpha value is -1.66. The second-order valence-electron chi connectivity index (χ2n) is 3.73. The maximum Gasteiger partial charge on any atom is 0.142 e. The molecule has 0 bridgehead atoms. The number of hydrogen-bond acceptors (Lipinski definition) is 4. The van der Waals surface area contributed by atoms with Crippen molar-refractivity contribution >= 4 is 44.5 Å². The number of pyridine rings is 1. The van der Waals surface area contributed by atoms with E-state index in [4.69, 9.17) is 22.7 Å². The van der Waals surface area contributed by atoms with Crippen LogP contribution < -0.4 is 15.8 Å². The second-order valence-corrected chi connectivity index (χ2v) is 5.09. The van der Waals surface area contributed by atoms with Gasteiger partial charge in [-0.15, -0.1) is 0 Å². The zero-order valence-corrected chi connectivity index (χ0v) is 12.6. The minimum Gasteiger partial charge on any atom is -0.495 e. The number of methoxy groups -OCH3 is 1. The van der Waals surface area contributed by atoms with E-state index in [0.717, 1.165) is 21.6 Å². The summed E-state index contributed by atoms with van der Waals surface area (Å²) in [6.45, 7) is 0. The zero-order chi connectivity index (χ0) is 13.8. The Morgan fingerprint density at radius 2 is 2.16 bits per heavy atom. The van der Waals surface area contributed by atoms with Crippen LogP contribution in [0.4, 0.5) is 11.4 Å². The molecule has 98 valence electrons. The lowest BCUT2D eigenvalue weighted by molar-refractivity contribution is 0.417. The lowest BCUT2D eigenvalue weighted by atomic mass is 10.2. The van der Waals surface area contributed by atoms with Crippen LogP contribution in [0.15, 0.2) is 41.0 Å². The van der Waals surface area contributed by atoms with Crippen LogP contribution in [0, 0.1) is 0 Å². The molecule has 0 aliphatic carbocycles. The van der Waals surface area contributed by atoms with E-state index in [1.807, 2.05) is 30.3 Å². The molecule has 1 aromatic heterocycles. The molecule has 0 aliphatic heterocycles. The minimum atomic E-state index is 0.247. The molecule has 0 spiro atoms. The highest BCUT2D eigenvalue weighted by molar-refractivity contribution is 9.10. The van der Waals surface area contributed by atoms with Gasteiger partial charge in [0.1, 0.15) is 16.4 Å². The van der Waals surface area contributed by atoms with Crippen molar-refractivity contribution < 1.29 is 4.74 Å². The molecular weight excluding hydrogens is 326 g/mol. The first-order chi connectivity index (χ1) is 9.11. The van der Waals surface area contributed by atoms with Crippen LogP contribution in [0.3, 0.4) is 0 Å². The number of nitrogens with two attached hydrogens (primary N) is 1. The lowest BCUT2D eigenvalue weighted by Crippen LogP contribution is -2.14. The maximum absolute atomic E-state index is 5.66. The topological polar surface area (TPSA) is 60.2 Å². The fraction of sp³-hybridized carbons (Fsp3) is 0.0769. The molecule has 0 amide bonds. The number of nitrogens with zero attached hydrogens (tertiary/aromatic N) is 1. The standard InChI is InChI=1S/C13H12BrN3OS/c1-18-11-5-4-8(14)7-10(11)17-9-3-2-6-16-12(9)13(15)19/h2-7,17H,1H3,(H2,15,19). The number of anilines is 2. The van der Waals surface area contributed by atoms with Crippen LogP contribution in [0.5, 0.6) is 5.75 Å². The van der Waals surface area contributed by atoms with Crippen molar-refractivity contribution in [3.63, 3.8) is 0 Å². The highest BCUT2D eigenvalue weighted by atomic mass is 79.9. The molecule has 0 fully saturated rings. The number of aromatic nitrogens is 1. The summed E-state index contributed by atoms with van der Waals surface area (Å²) >= 11 is 8.41. The van der Waals surface area contributed by atoms with E-state index in [1.54, 1.807) is 13.3 Å². The van der Waals surface area contributed by atoms with Gasteiger partial charge in [-0.3, -0.25) is 4.98 Å². The van der Waals surface area contributed by atoms with Crippen molar-refractivity contribution in [1.29, 1.82) is 0 Å². The fourth-order valence-electron chi connectivity index (χ4n) is 1.63. The summed E-state index contributed by atoms with van der Waals surface area (Å²) in [4.78, 5) is 4.42. The van der Waals surface area contributed by atoms with E-state index in [9.17, 15) is 0 Å². The van der Waals surface area contributed by atoms with E-state index in [2.05, 4.69) is 26.2 Å². The third-order valence-electron chi connectivity index (χ3n) is 2.47. The highest BCUT2D eigenvalue weighted by Gasteiger charge is 2.09. The predicted molar refractivity (Wildman–Crippen MR) is 84.1 cm³/mol. The van der Waals surface area contributed by atoms with E-state index >= 15 is 0 Å². The van der Waals surface area contributed by atoms with Crippen molar-refractivity contribution in [3.05, 3.63) is 46.7 Å². The first-order valence-electron chi connectivity index (χ1n) is 5.47. The van der Waals surface area contributed by atoms with Crippen LogP contribution in [0.2, 0.25) is 0 Å². The van der Waals surface area contributed by atoms with E-state index < -0.39 is 0 Å². The summed E-state index contributed by atoms with van der Waals surface area (Å²) in [5.41, 5.74) is 7.76. The number of rotatable bonds is 4. The summed E-state index contributed by atoms with van der Waals surface area (Å²) < 4.78 is 6.25. The van der Waals surface area contributed by atoms with Crippen molar-refractivity contribution in [2.75, 3.05) is 12.4 Å². The molecule has 0 atom stereocenters. The number of hydrogen-bond donors (Lipinski definition) is 2. The Morgan fingerprint density at radius 1 is 1.37 bits per heavy atom. The van der Waals surface area contributed by atoms with Gasteiger partial charge >= 0.3 is 0 Å².